The largest absolute Gasteiger partial charge is 0.377 e. The van der Waals surface area contributed by atoms with Crippen molar-refractivity contribution >= 4 is 33.1 Å². The van der Waals surface area contributed by atoms with Crippen molar-refractivity contribution in [3.8, 4) is 0 Å². The predicted octanol–water partition coefficient (Wildman–Crippen LogP) is 3.19. The van der Waals surface area contributed by atoms with Crippen LogP contribution in [0.2, 0.25) is 5.02 Å². The van der Waals surface area contributed by atoms with E-state index in [4.69, 9.17) is 11.6 Å². The zero-order chi connectivity index (χ0) is 17.9. The van der Waals surface area contributed by atoms with Crippen molar-refractivity contribution in [2.75, 3.05) is 26.0 Å². The van der Waals surface area contributed by atoms with Gasteiger partial charge >= 0.3 is 0 Å². The van der Waals surface area contributed by atoms with Crippen molar-refractivity contribution in [3.63, 3.8) is 0 Å². The molecule has 128 valence electrons. The molecule has 0 heterocycles. The van der Waals surface area contributed by atoms with Crippen LogP contribution in [0.25, 0.3) is 0 Å². The molecule has 2 aromatic carbocycles. The minimum absolute atomic E-state index is 0.0483. The fourth-order valence-corrected chi connectivity index (χ4v) is 3.22. The summed E-state index contributed by atoms with van der Waals surface area (Å²) in [7, 11) is -0.666. The number of sulfonamides is 1. The molecule has 0 saturated carbocycles. The monoisotopic (exact) mass is 366 g/mol. The van der Waals surface area contributed by atoms with Gasteiger partial charge in [0.15, 0.2) is 5.78 Å². The molecule has 7 heteroatoms. The molecule has 0 aliphatic rings. The van der Waals surface area contributed by atoms with E-state index >= 15 is 0 Å². The van der Waals surface area contributed by atoms with Gasteiger partial charge in [0.1, 0.15) is 0 Å². The summed E-state index contributed by atoms with van der Waals surface area (Å²) in [6.07, 6.45) is 0. The van der Waals surface area contributed by atoms with Gasteiger partial charge in [0, 0.05) is 30.4 Å². The number of Topliss-reactive ketones (excluding diaryl/α,β-unsaturated/α-hetero) is 1. The van der Waals surface area contributed by atoms with Crippen molar-refractivity contribution < 1.29 is 13.2 Å². The maximum Gasteiger partial charge on any atom is 0.242 e. The summed E-state index contributed by atoms with van der Waals surface area (Å²) in [6.45, 7) is 1.96. The van der Waals surface area contributed by atoms with Crippen LogP contribution in [0.1, 0.15) is 15.9 Å². The molecule has 0 aliphatic carbocycles. The standard InChI is InChI=1S/C17H19ClN2O3S/c1-12-7-8-14(18)10-16(12)19-11-17(21)13-5-4-6-15(9-13)24(22,23)20(2)3/h4-10,19H,11H2,1-3H3. The van der Waals surface area contributed by atoms with E-state index in [0.717, 1.165) is 15.6 Å². The molecule has 0 fully saturated rings. The Morgan fingerprint density at radius 3 is 2.54 bits per heavy atom. The second-order valence-electron chi connectivity index (χ2n) is 5.55. The number of halogens is 1. The van der Waals surface area contributed by atoms with Crippen LogP contribution in [-0.2, 0) is 10.0 Å². The van der Waals surface area contributed by atoms with Gasteiger partial charge in [-0.2, -0.15) is 0 Å². The number of aryl methyl sites for hydroxylation is 1. The molecule has 5 nitrogen and oxygen atoms in total. The van der Waals surface area contributed by atoms with Gasteiger partial charge in [0.05, 0.1) is 11.4 Å². The smallest absolute Gasteiger partial charge is 0.242 e. The molecule has 0 bridgehead atoms. The molecule has 2 rings (SSSR count). The number of rotatable bonds is 6. The summed E-state index contributed by atoms with van der Waals surface area (Å²) in [6, 6.07) is 11.4. The maximum absolute atomic E-state index is 12.4. The number of carbonyl (C=O) groups excluding carboxylic acids is 1. The first kappa shape index (κ1) is 18.4. The molecule has 0 spiro atoms. The van der Waals surface area contributed by atoms with Gasteiger partial charge in [-0.25, -0.2) is 12.7 Å². The van der Waals surface area contributed by atoms with Gasteiger partial charge in [-0.05, 0) is 36.8 Å². The topological polar surface area (TPSA) is 66.5 Å². The zero-order valence-corrected chi connectivity index (χ0v) is 15.3. The van der Waals surface area contributed by atoms with E-state index in [2.05, 4.69) is 5.32 Å². The number of nitrogens with one attached hydrogen (secondary N) is 1. The van der Waals surface area contributed by atoms with Crippen LogP contribution in [0, 0.1) is 6.92 Å². The average Bonchev–Trinajstić information content (AvgIpc) is 2.55. The first-order chi connectivity index (χ1) is 11.2. The summed E-state index contributed by atoms with van der Waals surface area (Å²) in [5.41, 5.74) is 2.08. The van der Waals surface area contributed by atoms with E-state index < -0.39 is 10.0 Å². The van der Waals surface area contributed by atoms with Crippen LogP contribution < -0.4 is 5.32 Å². The summed E-state index contributed by atoms with van der Waals surface area (Å²) < 4.78 is 25.4. The molecule has 2 aromatic rings. The third kappa shape index (κ3) is 4.14. The third-order valence-corrected chi connectivity index (χ3v) is 5.62. The van der Waals surface area contributed by atoms with Gasteiger partial charge in [0.2, 0.25) is 10.0 Å². The van der Waals surface area contributed by atoms with E-state index in [1.807, 2.05) is 13.0 Å². The normalized spacial score (nSPS) is 11.5. The highest BCUT2D eigenvalue weighted by Crippen LogP contribution is 2.20. The SMILES string of the molecule is Cc1ccc(Cl)cc1NCC(=O)c1cccc(S(=O)(=O)N(C)C)c1. The highest BCUT2D eigenvalue weighted by atomic mass is 35.5. The van der Waals surface area contributed by atoms with Gasteiger partial charge in [0.25, 0.3) is 0 Å². The molecule has 0 radical (unpaired) electrons. The lowest BCUT2D eigenvalue weighted by Gasteiger charge is -2.13. The van der Waals surface area contributed by atoms with E-state index in [1.165, 1.54) is 26.2 Å². The molecule has 0 atom stereocenters. The fraction of sp³-hybridized carbons (Fsp3) is 0.235. The van der Waals surface area contributed by atoms with Crippen LogP contribution in [0.4, 0.5) is 5.69 Å². The van der Waals surface area contributed by atoms with Gasteiger partial charge in [-0.3, -0.25) is 4.79 Å². The lowest BCUT2D eigenvalue weighted by atomic mass is 10.1. The quantitative estimate of drug-likeness (QED) is 0.797. The maximum atomic E-state index is 12.4. The Bertz CT molecular complexity index is 864. The van der Waals surface area contributed by atoms with E-state index in [9.17, 15) is 13.2 Å². The first-order valence-electron chi connectivity index (χ1n) is 7.27. The fourth-order valence-electron chi connectivity index (χ4n) is 2.10. The van der Waals surface area contributed by atoms with Gasteiger partial charge in [-0.1, -0.05) is 29.8 Å². The number of benzene rings is 2. The molecule has 0 unspecified atom stereocenters. The van der Waals surface area contributed by atoms with Crippen molar-refractivity contribution in [3.05, 3.63) is 58.6 Å². The Kier molecular flexibility index (Phi) is 5.64. The highest BCUT2D eigenvalue weighted by molar-refractivity contribution is 7.89. The average molecular weight is 367 g/mol. The minimum atomic E-state index is -3.57. The lowest BCUT2D eigenvalue weighted by Crippen LogP contribution is -2.22. The Morgan fingerprint density at radius 1 is 1.17 bits per heavy atom. The third-order valence-electron chi connectivity index (χ3n) is 3.57. The second-order valence-corrected chi connectivity index (χ2v) is 8.14. The van der Waals surface area contributed by atoms with Crippen molar-refractivity contribution in [1.29, 1.82) is 0 Å². The van der Waals surface area contributed by atoms with Crippen LogP contribution in [0.15, 0.2) is 47.4 Å². The Morgan fingerprint density at radius 2 is 1.88 bits per heavy atom. The summed E-state index contributed by atoms with van der Waals surface area (Å²) in [5, 5.41) is 3.62. The number of hydrogen-bond acceptors (Lipinski definition) is 4. The predicted molar refractivity (Wildman–Crippen MR) is 96.3 cm³/mol. The molecule has 0 aromatic heterocycles. The lowest BCUT2D eigenvalue weighted by molar-refractivity contribution is 0.101. The molecular formula is C17H19ClN2O3S. The summed E-state index contributed by atoms with van der Waals surface area (Å²) in [4.78, 5) is 12.5. The van der Waals surface area contributed by atoms with E-state index in [-0.39, 0.29) is 17.2 Å². The number of ketones is 1. The number of carbonyl (C=O) groups is 1. The second kappa shape index (κ2) is 7.34. The number of anilines is 1. The Hall–Kier alpha value is -1.89. The molecule has 24 heavy (non-hydrogen) atoms. The van der Waals surface area contributed by atoms with Crippen molar-refractivity contribution in [1.82, 2.24) is 4.31 Å². The van der Waals surface area contributed by atoms with Crippen LogP contribution in [-0.4, -0.2) is 39.1 Å². The van der Waals surface area contributed by atoms with Crippen molar-refractivity contribution in [2.24, 2.45) is 0 Å². The van der Waals surface area contributed by atoms with Crippen LogP contribution in [0.3, 0.4) is 0 Å². The zero-order valence-electron chi connectivity index (χ0n) is 13.7. The summed E-state index contributed by atoms with van der Waals surface area (Å²) >= 11 is 5.95. The van der Waals surface area contributed by atoms with Crippen LogP contribution in [0.5, 0.6) is 0 Å². The highest BCUT2D eigenvalue weighted by Gasteiger charge is 2.18. The number of hydrogen-bond donors (Lipinski definition) is 1. The van der Waals surface area contributed by atoms with Gasteiger partial charge in [-0.15, -0.1) is 0 Å². The van der Waals surface area contributed by atoms with Crippen molar-refractivity contribution in [2.45, 2.75) is 11.8 Å². The summed E-state index contributed by atoms with van der Waals surface area (Å²) in [5.74, 6) is -0.204. The number of nitrogens with zero attached hydrogens (tertiary/aromatic N) is 1. The first-order valence-corrected chi connectivity index (χ1v) is 9.09. The van der Waals surface area contributed by atoms with E-state index in [0.29, 0.717) is 10.6 Å². The van der Waals surface area contributed by atoms with Crippen LogP contribution >= 0.6 is 11.6 Å². The minimum Gasteiger partial charge on any atom is -0.377 e. The molecular weight excluding hydrogens is 348 g/mol. The van der Waals surface area contributed by atoms with E-state index in [1.54, 1.807) is 24.3 Å². The molecule has 0 aliphatic heterocycles. The Labute approximate surface area is 147 Å². The molecule has 1 N–H and O–H groups in total. The molecule has 0 saturated heterocycles. The van der Waals surface area contributed by atoms with Gasteiger partial charge < -0.3 is 5.32 Å². The molecule has 0 amide bonds. The Balaban J connectivity index is 2.18.